The number of hydrogen-bond donors (Lipinski definition) is 0. The van der Waals surface area contributed by atoms with Crippen molar-refractivity contribution in [3.8, 4) is 11.5 Å². The molecule has 5 nitrogen and oxygen atoms in total. The highest BCUT2D eigenvalue weighted by Gasteiger charge is 2.52. The van der Waals surface area contributed by atoms with Gasteiger partial charge >= 0.3 is 0 Å². The minimum atomic E-state index is -0.516. The van der Waals surface area contributed by atoms with Gasteiger partial charge in [-0.15, -0.1) is 0 Å². The van der Waals surface area contributed by atoms with Crippen molar-refractivity contribution < 1.29 is 9.47 Å². The van der Waals surface area contributed by atoms with Crippen molar-refractivity contribution in [2.45, 2.75) is 37.6 Å². The fourth-order valence-electron chi connectivity index (χ4n) is 5.51. The van der Waals surface area contributed by atoms with E-state index in [1.54, 1.807) is 7.11 Å². The molecule has 1 atom stereocenters. The summed E-state index contributed by atoms with van der Waals surface area (Å²) in [6, 6.07) is 22.6. The van der Waals surface area contributed by atoms with Gasteiger partial charge in [0.05, 0.1) is 28.9 Å². The van der Waals surface area contributed by atoms with Gasteiger partial charge in [-0.1, -0.05) is 71.7 Å². The minimum absolute atomic E-state index is 0.0824. The highest BCUT2D eigenvalue weighted by atomic mass is 35.5. The van der Waals surface area contributed by atoms with Gasteiger partial charge < -0.3 is 9.47 Å². The van der Waals surface area contributed by atoms with Crippen LogP contribution in [0.1, 0.15) is 42.0 Å². The Balaban J connectivity index is 1.34. The summed E-state index contributed by atoms with van der Waals surface area (Å²) in [5, 5.41) is 8.46. The van der Waals surface area contributed by atoms with E-state index in [9.17, 15) is 0 Å². The largest absolute Gasteiger partial charge is 0.493 e. The van der Waals surface area contributed by atoms with Crippen LogP contribution in [0.2, 0.25) is 10.0 Å². The van der Waals surface area contributed by atoms with Crippen molar-refractivity contribution >= 4 is 28.9 Å². The number of benzene rings is 3. The lowest BCUT2D eigenvalue weighted by atomic mass is 9.90. The summed E-state index contributed by atoms with van der Waals surface area (Å²) in [6.07, 6.45) is 2.48. The Hall–Kier alpha value is -2.73. The van der Waals surface area contributed by atoms with Crippen LogP contribution in [0.3, 0.4) is 0 Å². The molecule has 3 aliphatic heterocycles. The number of para-hydroxylation sites is 1. The standard InChI is InChI=1S/C28H27Cl2N3O2/c1-34-26-9-5-8-21-25-17-24(20-10-11-22(29)23(30)16-20)31-33(25)28(35-27(21)26)12-14-32(15-13-28)18-19-6-3-2-4-7-19/h2-11,16,25H,12-15,17-18H2,1H3/t25-/m1/s1. The Morgan fingerprint density at radius 3 is 2.54 bits per heavy atom. The summed E-state index contributed by atoms with van der Waals surface area (Å²) in [5.74, 6) is 1.62. The summed E-state index contributed by atoms with van der Waals surface area (Å²) in [4.78, 5) is 2.50. The molecule has 180 valence electrons. The smallest absolute Gasteiger partial charge is 0.200 e. The van der Waals surface area contributed by atoms with Crippen LogP contribution in [0.15, 0.2) is 71.8 Å². The maximum atomic E-state index is 6.84. The molecule has 0 bridgehead atoms. The van der Waals surface area contributed by atoms with Gasteiger partial charge in [-0.2, -0.15) is 5.10 Å². The van der Waals surface area contributed by atoms with Crippen molar-refractivity contribution in [2.75, 3.05) is 20.2 Å². The predicted octanol–water partition coefficient (Wildman–Crippen LogP) is 6.54. The van der Waals surface area contributed by atoms with Crippen molar-refractivity contribution in [2.24, 2.45) is 5.10 Å². The average Bonchev–Trinajstić information content (AvgIpc) is 3.35. The lowest BCUT2D eigenvalue weighted by Crippen LogP contribution is -2.59. The number of halogens is 2. The first-order valence-corrected chi connectivity index (χ1v) is 12.8. The van der Waals surface area contributed by atoms with E-state index in [4.69, 9.17) is 37.8 Å². The maximum absolute atomic E-state index is 6.84. The Morgan fingerprint density at radius 2 is 1.80 bits per heavy atom. The number of hydrazone groups is 1. The average molecular weight is 508 g/mol. The number of likely N-dealkylation sites (tertiary alicyclic amines) is 1. The third kappa shape index (κ3) is 4.06. The number of hydrogen-bond acceptors (Lipinski definition) is 5. The first-order valence-electron chi connectivity index (χ1n) is 12.0. The van der Waals surface area contributed by atoms with Gasteiger partial charge in [0.15, 0.2) is 11.5 Å². The van der Waals surface area contributed by atoms with Gasteiger partial charge in [0.2, 0.25) is 5.72 Å². The second-order valence-corrected chi connectivity index (χ2v) is 10.2. The van der Waals surface area contributed by atoms with Crippen LogP contribution in [0.5, 0.6) is 11.5 Å². The summed E-state index contributed by atoms with van der Waals surface area (Å²) in [6.45, 7) is 2.80. The lowest BCUT2D eigenvalue weighted by Gasteiger charge is -2.51. The van der Waals surface area contributed by atoms with Crippen molar-refractivity contribution in [3.63, 3.8) is 0 Å². The normalized spacial score (nSPS) is 20.7. The number of nitrogens with zero attached hydrogens (tertiary/aromatic N) is 3. The van der Waals surface area contributed by atoms with E-state index in [2.05, 4.69) is 46.3 Å². The summed E-state index contributed by atoms with van der Waals surface area (Å²) in [7, 11) is 1.70. The summed E-state index contributed by atoms with van der Waals surface area (Å²) < 4.78 is 12.6. The zero-order valence-corrected chi connectivity index (χ0v) is 21.1. The van der Waals surface area contributed by atoms with E-state index in [1.165, 1.54) is 5.56 Å². The highest BCUT2D eigenvalue weighted by molar-refractivity contribution is 6.42. The molecule has 0 N–H and O–H groups in total. The molecule has 6 rings (SSSR count). The van der Waals surface area contributed by atoms with Gasteiger partial charge in [0, 0.05) is 44.5 Å². The second kappa shape index (κ2) is 9.05. The van der Waals surface area contributed by atoms with E-state index >= 15 is 0 Å². The topological polar surface area (TPSA) is 37.3 Å². The van der Waals surface area contributed by atoms with Crippen molar-refractivity contribution in [1.29, 1.82) is 0 Å². The third-order valence-corrected chi connectivity index (χ3v) is 8.09. The molecule has 1 spiro atoms. The van der Waals surface area contributed by atoms with Crippen LogP contribution in [0.4, 0.5) is 0 Å². The van der Waals surface area contributed by atoms with Gasteiger partial charge in [-0.3, -0.25) is 4.90 Å². The van der Waals surface area contributed by atoms with Crippen LogP contribution < -0.4 is 9.47 Å². The summed E-state index contributed by atoms with van der Waals surface area (Å²) >= 11 is 12.5. The van der Waals surface area contributed by atoms with Gasteiger partial charge in [-0.05, 0) is 29.3 Å². The van der Waals surface area contributed by atoms with Gasteiger partial charge in [0.1, 0.15) is 0 Å². The Kier molecular flexibility index (Phi) is 5.87. The molecule has 0 radical (unpaired) electrons. The number of ether oxygens (including phenoxy) is 2. The molecule has 1 fully saturated rings. The van der Waals surface area contributed by atoms with Gasteiger partial charge in [0.25, 0.3) is 0 Å². The van der Waals surface area contributed by atoms with Crippen LogP contribution in [-0.4, -0.2) is 41.5 Å². The van der Waals surface area contributed by atoms with Crippen LogP contribution >= 0.6 is 23.2 Å². The Bertz CT molecular complexity index is 1270. The van der Waals surface area contributed by atoms with E-state index in [0.29, 0.717) is 10.0 Å². The molecular weight excluding hydrogens is 481 g/mol. The predicted molar refractivity (Wildman–Crippen MR) is 140 cm³/mol. The monoisotopic (exact) mass is 507 g/mol. The molecular formula is C28H27Cl2N3O2. The molecule has 0 aliphatic carbocycles. The molecule has 3 heterocycles. The molecule has 0 unspecified atom stereocenters. The second-order valence-electron chi connectivity index (χ2n) is 9.43. The third-order valence-electron chi connectivity index (χ3n) is 7.35. The molecule has 35 heavy (non-hydrogen) atoms. The number of methoxy groups -OCH3 is 1. The van der Waals surface area contributed by atoms with Crippen molar-refractivity contribution in [1.82, 2.24) is 9.91 Å². The molecule has 1 saturated heterocycles. The van der Waals surface area contributed by atoms with Gasteiger partial charge in [-0.25, -0.2) is 5.01 Å². The summed E-state index contributed by atoms with van der Waals surface area (Å²) in [5.41, 5.74) is 3.92. The van der Waals surface area contributed by atoms with Crippen molar-refractivity contribution in [3.05, 3.63) is 93.5 Å². The molecule has 3 aromatic rings. The zero-order valence-electron chi connectivity index (χ0n) is 19.6. The number of piperidine rings is 1. The highest BCUT2D eigenvalue weighted by Crippen LogP contribution is 2.52. The molecule has 0 aromatic heterocycles. The quantitative estimate of drug-likeness (QED) is 0.401. The lowest BCUT2D eigenvalue weighted by molar-refractivity contribution is -0.151. The van der Waals surface area contributed by atoms with Crippen LogP contribution in [-0.2, 0) is 6.54 Å². The van der Waals surface area contributed by atoms with E-state index in [0.717, 1.165) is 67.2 Å². The number of rotatable bonds is 4. The van der Waals surface area contributed by atoms with Crippen LogP contribution in [0, 0.1) is 0 Å². The minimum Gasteiger partial charge on any atom is -0.493 e. The first-order chi connectivity index (χ1) is 17.1. The molecule has 0 saturated carbocycles. The first kappa shape index (κ1) is 22.7. The fourth-order valence-corrected chi connectivity index (χ4v) is 5.81. The zero-order chi connectivity index (χ0) is 24.0. The SMILES string of the molecule is COc1cccc2c1OC1(CCN(Cc3ccccc3)CC1)N1N=C(c3ccc(Cl)c(Cl)c3)C[C@H]21. The fraction of sp³-hybridized carbons (Fsp3) is 0.321. The van der Waals surface area contributed by atoms with Crippen LogP contribution in [0.25, 0.3) is 0 Å². The van der Waals surface area contributed by atoms with E-state index in [1.807, 2.05) is 30.3 Å². The molecule has 3 aliphatic rings. The molecule has 3 aromatic carbocycles. The van der Waals surface area contributed by atoms with E-state index < -0.39 is 5.72 Å². The maximum Gasteiger partial charge on any atom is 0.200 e. The molecule has 0 amide bonds. The Morgan fingerprint density at radius 1 is 1.00 bits per heavy atom. The van der Waals surface area contributed by atoms with E-state index in [-0.39, 0.29) is 6.04 Å². The number of fused-ring (bicyclic) bond motifs is 4. The molecule has 7 heteroatoms. The Labute approximate surface area is 215 Å².